The van der Waals surface area contributed by atoms with Gasteiger partial charge in [0.25, 0.3) is 0 Å². The van der Waals surface area contributed by atoms with Crippen LogP contribution in [-0.4, -0.2) is 53.0 Å². The van der Waals surface area contributed by atoms with Gasteiger partial charge in [0, 0.05) is 17.5 Å². The van der Waals surface area contributed by atoms with E-state index < -0.39 is 0 Å². The Labute approximate surface area is 168 Å². The third kappa shape index (κ3) is 5.55. The van der Waals surface area contributed by atoms with E-state index in [1.54, 1.807) is 11.9 Å². The second kappa shape index (κ2) is 10.0. The van der Waals surface area contributed by atoms with Gasteiger partial charge in [-0.3, -0.25) is 4.79 Å². The molecule has 2 saturated heterocycles. The number of thioether (sulfide) groups is 1. The third-order valence-corrected chi connectivity index (χ3v) is 8.47. The van der Waals surface area contributed by atoms with Crippen molar-refractivity contribution < 1.29 is 9.53 Å². The van der Waals surface area contributed by atoms with Crippen LogP contribution >= 0.6 is 23.7 Å². The van der Waals surface area contributed by atoms with Crippen LogP contribution in [-0.2, 0) is 9.53 Å². The van der Waals surface area contributed by atoms with Crippen molar-refractivity contribution in [2.45, 2.75) is 76.8 Å². The Bertz CT molecular complexity index is 451. The van der Waals surface area contributed by atoms with Crippen molar-refractivity contribution in [1.29, 1.82) is 0 Å². The van der Waals surface area contributed by atoms with Crippen molar-refractivity contribution in [1.82, 2.24) is 9.62 Å². The number of ether oxygens (including phenoxy) is 1. The summed E-state index contributed by atoms with van der Waals surface area (Å²) in [7, 11) is 0. The summed E-state index contributed by atoms with van der Waals surface area (Å²) in [5.41, 5.74) is 0. The molecule has 3 fully saturated rings. The number of carbonyl (C=O) groups excluding carboxylic acids is 1. The zero-order valence-corrected chi connectivity index (χ0v) is 18.2. The summed E-state index contributed by atoms with van der Waals surface area (Å²) in [5, 5.41) is 0.601. The second-order valence-corrected chi connectivity index (χ2v) is 11.0. The van der Waals surface area contributed by atoms with Crippen LogP contribution in [0.1, 0.15) is 59.3 Å². The SMILES string of the molecule is CC1CCC(C(C)C)C(OCC(=O)N(CC2CCCS2)C2CCSN2)C1. The van der Waals surface area contributed by atoms with Gasteiger partial charge in [-0.15, -0.1) is 0 Å². The maximum absolute atomic E-state index is 13.1. The molecule has 150 valence electrons. The molecular weight excluding hydrogens is 364 g/mol. The Morgan fingerprint density at radius 3 is 2.73 bits per heavy atom. The lowest BCUT2D eigenvalue weighted by Crippen LogP contribution is -2.49. The quantitative estimate of drug-likeness (QED) is 0.650. The molecule has 4 nitrogen and oxygen atoms in total. The van der Waals surface area contributed by atoms with Gasteiger partial charge in [0.15, 0.2) is 0 Å². The number of amides is 1. The molecule has 1 aliphatic carbocycles. The predicted octanol–water partition coefficient (Wildman–Crippen LogP) is 4.16. The van der Waals surface area contributed by atoms with Crippen molar-refractivity contribution in [3.63, 3.8) is 0 Å². The highest BCUT2D eigenvalue weighted by molar-refractivity contribution is 8.00. The van der Waals surface area contributed by atoms with Crippen LogP contribution in [0.15, 0.2) is 0 Å². The zero-order valence-electron chi connectivity index (χ0n) is 16.6. The summed E-state index contributed by atoms with van der Waals surface area (Å²) < 4.78 is 9.70. The van der Waals surface area contributed by atoms with Crippen LogP contribution in [0.25, 0.3) is 0 Å². The molecule has 0 spiro atoms. The molecule has 5 atom stereocenters. The Morgan fingerprint density at radius 1 is 1.23 bits per heavy atom. The summed E-state index contributed by atoms with van der Waals surface area (Å²) in [6.07, 6.45) is 7.64. The zero-order chi connectivity index (χ0) is 18.5. The molecule has 2 aliphatic heterocycles. The lowest BCUT2D eigenvalue weighted by molar-refractivity contribution is -0.144. The summed E-state index contributed by atoms with van der Waals surface area (Å²) in [4.78, 5) is 15.1. The van der Waals surface area contributed by atoms with Gasteiger partial charge in [0.1, 0.15) is 6.61 Å². The minimum absolute atomic E-state index is 0.179. The molecular formula is C20H36N2O2S2. The standard InChI is InChI=1S/C20H36N2O2S2/c1-14(2)17-7-6-15(3)11-18(17)24-13-20(23)22(19-8-10-26-21-19)12-16-5-4-9-25-16/h14-19,21H,4-13H2,1-3H3. The molecule has 1 amide bonds. The van der Waals surface area contributed by atoms with Gasteiger partial charge in [-0.25, -0.2) is 4.72 Å². The van der Waals surface area contributed by atoms with Crippen LogP contribution < -0.4 is 4.72 Å². The molecule has 1 saturated carbocycles. The summed E-state index contributed by atoms with van der Waals surface area (Å²) in [6.45, 7) is 8.03. The van der Waals surface area contributed by atoms with Crippen LogP contribution in [0.4, 0.5) is 0 Å². The number of carbonyl (C=O) groups is 1. The topological polar surface area (TPSA) is 41.6 Å². The van der Waals surface area contributed by atoms with Crippen molar-refractivity contribution in [2.24, 2.45) is 17.8 Å². The fraction of sp³-hybridized carbons (Fsp3) is 0.950. The van der Waals surface area contributed by atoms with E-state index in [2.05, 4.69) is 30.4 Å². The first kappa shape index (κ1) is 20.8. The fourth-order valence-electron chi connectivity index (χ4n) is 4.58. The maximum atomic E-state index is 13.1. The molecule has 0 aromatic rings. The number of nitrogens with zero attached hydrogens (tertiary/aromatic N) is 1. The van der Waals surface area contributed by atoms with E-state index in [1.807, 2.05) is 11.8 Å². The summed E-state index contributed by atoms with van der Waals surface area (Å²) in [6, 6.07) is 0. The average Bonchev–Trinajstić information content (AvgIpc) is 3.30. The molecule has 1 N–H and O–H groups in total. The van der Waals surface area contributed by atoms with Gasteiger partial charge in [0.05, 0.1) is 12.3 Å². The normalized spacial score (nSPS) is 35.2. The Kier molecular flexibility index (Phi) is 8.03. The van der Waals surface area contributed by atoms with E-state index >= 15 is 0 Å². The van der Waals surface area contributed by atoms with Crippen LogP contribution in [0.5, 0.6) is 0 Å². The average molecular weight is 401 g/mol. The monoisotopic (exact) mass is 400 g/mol. The fourth-order valence-corrected chi connectivity index (χ4v) is 6.74. The number of hydrogen-bond acceptors (Lipinski definition) is 5. The minimum Gasteiger partial charge on any atom is -0.368 e. The van der Waals surface area contributed by atoms with Gasteiger partial charge < -0.3 is 9.64 Å². The first-order valence-electron chi connectivity index (χ1n) is 10.4. The van der Waals surface area contributed by atoms with Crippen LogP contribution in [0.3, 0.4) is 0 Å². The van der Waals surface area contributed by atoms with E-state index in [0.29, 0.717) is 23.0 Å². The molecule has 0 aromatic heterocycles. The Hall–Kier alpha value is 0.0900. The van der Waals surface area contributed by atoms with E-state index in [4.69, 9.17) is 4.74 Å². The van der Waals surface area contributed by atoms with Crippen LogP contribution in [0, 0.1) is 17.8 Å². The summed E-state index contributed by atoms with van der Waals surface area (Å²) in [5.74, 6) is 4.44. The van der Waals surface area contributed by atoms with Gasteiger partial charge in [0.2, 0.25) is 5.91 Å². The highest BCUT2D eigenvalue weighted by Gasteiger charge is 2.34. The minimum atomic E-state index is 0.179. The molecule has 5 unspecified atom stereocenters. The molecule has 6 heteroatoms. The first-order valence-corrected chi connectivity index (χ1v) is 12.5. The summed E-state index contributed by atoms with van der Waals surface area (Å²) >= 11 is 3.77. The van der Waals surface area contributed by atoms with E-state index in [1.165, 1.54) is 31.4 Å². The predicted molar refractivity (Wildman–Crippen MR) is 112 cm³/mol. The van der Waals surface area contributed by atoms with Gasteiger partial charge in [-0.2, -0.15) is 11.8 Å². The third-order valence-electron chi connectivity index (χ3n) is 6.22. The Balaban J connectivity index is 1.57. The molecule has 3 rings (SSSR count). The van der Waals surface area contributed by atoms with Gasteiger partial charge in [-0.05, 0) is 55.6 Å². The van der Waals surface area contributed by atoms with Gasteiger partial charge in [-0.1, -0.05) is 39.1 Å². The van der Waals surface area contributed by atoms with Crippen molar-refractivity contribution in [3.8, 4) is 0 Å². The largest absolute Gasteiger partial charge is 0.368 e. The molecule has 0 radical (unpaired) electrons. The number of rotatable bonds is 7. The lowest BCUT2D eigenvalue weighted by Gasteiger charge is -2.38. The number of nitrogens with one attached hydrogen (secondary N) is 1. The van der Waals surface area contributed by atoms with E-state index in [-0.39, 0.29) is 24.8 Å². The lowest BCUT2D eigenvalue weighted by atomic mass is 9.75. The van der Waals surface area contributed by atoms with Gasteiger partial charge >= 0.3 is 0 Å². The number of hydrogen-bond donors (Lipinski definition) is 1. The Morgan fingerprint density at radius 2 is 2.08 bits per heavy atom. The maximum Gasteiger partial charge on any atom is 0.249 e. The smallest absolute Gasteiger partial charge is 0.249 e. The molecule has 26 heavy (non-hydrogen) atoms. The highest BCUT2D eigenvalue weighted by atomic mass is 32.2. The van der Waals surface area contributed by atoms with Crippen molar-refractivity contribution >= 4 is 29.6 Å². The van der Waals surface area contributed by atoms with Crippen molar-refractivity contribution in [3.05, 3.63) is 0 Å². The van der Waals surface area contributed by atoms with Crippen LogP contribution in [0.2, 0.25) is 0 Å². The van der Waals surface area contributed by atoms with Crippen molar-refractivity contribution in [2.75, 3.05) is 24.7 Å². The highest BCUT2D eigenvalue weighted by Crippen LogP contribution is 2.35. The first-order chi connectivity index (χ1) is 12.5. The molecule has 2 heterocycles. The second-order valence-electron chi connectivity index (χ2n) is 8.63. The molecule has 3 aliphatic rings. The van der Waals surface area contributed by atoms with E-state index in [0.717, 1.165) is 25.1 Å². The molecule has 0 bridgehead atoms. The molecule has 0 aromatic carbocycles. The van der Waals surface area contributed by atoms with E-state index in [9.17, 15) is 4.79 Å².